The first kappa shape index (κ1) is 21.3. The summed E-state index contributed by atoms with van der Waals surface area (Å²) in [5, 5.41) is 21.2. The molecule has 0 unspecified atom stereocenters. The number of benzene rings is 2. The van der Waals surface area contributed by atoms with Crippen LogP contribution >= 0.6 is 22.6 Å². The molecule has 0 spiro atoms. The number of carbonyl (C=O) groups excluding carboxylic acids is 1. The molecule has 30 heavy (non-hydrogen) atoms. The number of nitrogens with zero attached hydrogens (tertiary/aromatic N) is 2. The van der Waals surface area contributed by atoms with Crippen LogP contribution in [0.3, 0.4) is 0 Å². The van der Waals surface area contributed by atoms with Crippen LogP contribution in [0, 0.1) is 28.7 Å². The number of carboxylic acids is 1. The summed E-state index contributed by atoms with van der Waals surface area (Å²) in [4.78, 5) is 23.7. The maximum Gasteiger partial charge on any atom is 0.335 e. The fourth-order valence-electron chi connectivity index (χ4n) is 3.18. The predicted molar refractivity (Wildman–Crippen MR) is 124 cm³/mol. The molecule has 1 aromatic heterocycles. The Labute approximate surface area is 187 Å². The second-order valence-corrected chi connectivity index (χ2v) is 7.90. The Balaban J connectivity index is 1.92. The molecule has 1 amide bonds. The van der Waals surface area contributed by atoms with Gasteiger partial charge in [-0.05, 0) is 90.5 Å². The Morgan fingerprint density at radius 3 is 2.53 bits per heavy atom. The number of hydrogen-bond acceptors (Lipinski definition) is 3. The van der Waals surface area contributed by atoms with Crippen LogP contribution < -0.4 is 5.32 Å². The fourth-order valence-corrected chi connectivity index (χ4v) is 3.71. The number of rotatable bonds is 5. The highest BCUT2D eigenvalue weighted by molar-refractivity contribution is 14.1. The summed E-state index contributed by atoms with van der Waals surface area (Å²) in [7, 11) is 0. The molecule has 0 bridgehead atoms. The van der Waals surface area contributed by atoms with Crippen LogP contribution in [0.15, 0.2) is 60.2 Å². The average molecular weight is 511 g/mol. The quantitative estimate of drug-likeness (QED) is 0.288. The first-order valence-corrected chi connectivity index (χ1v) is 10.1. The number of carbonyl (C=O) groups is 2. The molecule has 0 radical (unpaired) electrons. The van der Waals surface area contributed by atoms with Gasteiger partial charge in [0.2, 0.25) is 0 Å². The Morgan fingerprint density at radius 1 is 1.13 bits per heavy atom. The van der Waals surface area contributed by atoms with E-state index in [-0.39, 0.29) is 11.1 Å². The van der Waals surface area contributed by atoms with E-state index in [2.05, 4.69) is 38.5 Å². The standard InChI is InChI=1S/C23H18IN3O3/c1-14-9-17(15(2)27(14)21-8-4-6-19(24)12-21)10-18(13-25)22(28)26-20-7-3-5-16(11-20)23(29)30/h3-12H,1-2H3,(H,26,28)(H,29,30)/b18-10-. The van der Waals surface area contributed by atoms with Gasteiger partial charge in [-0.15, -0.1) is 0 Å². The van der Waals surface area contributed by atoms with Crippen molar-refractivity contribution in [3.05, 3.63) is 86.3 Å². The van der Waals surface area contributed by atoms with Crippen LogP contribution in [-0.4, -0.2) is 21.6 Å². The number of amides is 1. The van der Waals surface area contributed by atoms with E-state index in [1.807, 2.05) is 44.2 Å². The highest BCUT2D eigenvalue weighted by Crippen LogP contribution is 2.24. The monoisotopic (exact) mass is 511 g/mol. The summed E-state index contributed by atoms with van der Waals surface area (Å²) < 4.78 is 3.17. The van der Waals surface area contributed by atoms with E-state index in [4.69, 9.17) is 5.11 Å². The fraction of sp³-hybridized carbons (Fsp3) is 0.0870. The van der Waals surface area contributed by atoms with Gasteiger partial charge in [0.1, 0.15) is 11.6 Å². The summed E-state index contributed by atoms with van der Waals surface area (Å²) in [5.74, 6) is -1.69. The average Bonchev–Trinajstić information content (AvgIpc) is 2.99. The van der Waals surface area contributed by atoms with E-state index in [1.165, 1.54) is 18.2 Å². The second-order valence-electron chi connectivity index (χ2n) is 6.65. The zero-order valence-corrected chi connectivity index (χ0v) is 18.5. The van der Waals surface area contributed by atoms with Crippen LogP contribution in [0.5, 0.6) is 0 Å². The number of aromatic nitrogens is 1. The third-order valence-electron chi connectivity index (χ3n) is 4.57. The first-order chi connectivity index (χ1) is 14.3. The lowest BCUT2D eigenvalue weighted by atomic mass is 10.1. The van der Waals surface area contributed by atoms with Gasteiger partial charge in [0.25, 0.3) is 5.91 Å². The maximum absolute atomic E-state index is 12.6. The number of halogens is 1. The minimum Gasteiger partial charge on any atom is -0.478 e. The molecule has 0 aliphatic heterocycles. The number of hydrogen-bond donors (Lipinski definition) is 2. The van der Waals surface area contributed by atoms with Crippen molar-refractivity contribution in [2.75, 3.05) is 5.32 Å². The van der Waals surface area contributed by atoms with E-state index >= 15 is 0 Å². The molecule has 0 aliphatic rings. The molecule has 0 saturated heterocycles. The molecule has 1 heterocycles. The number of anilines is 1. The van der Waals surface area contributed by atoms with Gasteiger partial charge in [-0.1, -0.05) is 12.1 Å². The van der Waals surface area contributed by atoms with Crippen LogP contribution in [0.2, 0.25) is 0 Å². The van der Waals surface area contributed by atoms with Gasteiger partial charge in [0, 0.05) is 26.3 Å². The molecule has 0 saturated carbocycles. The number of nitrogens with one attached hydrogen (secondary N) is 1. The lowest BCUT2D eigenvalue weighted by molar-refractivity contribution is -0.112. The summed E-state index contributed by atoms with van der Waals surface area (Å²) in [5.41, 5.74) is 3.94. The molecule has 6 nitrogen and oxygen atoms in total. The van der Waals surface area contributed by atoms with E-state index in [1.54, 1.807) is 12.1 Å². The number of aromatic carboxylic acids is 1. The van der Waals surface area contributed by atoms with Crippen LogP contribution in [0.1, 0.15) is 27.3 Å². The van der Waals surface area contributed by atoms with Gasteiger partial charge >= 0.3 is 5.97 Å². The molecule has 0 atom stereocenters. The zero-order valence-electron chi connectivity index (χ0n) is 16.3. The van der Waals surface area contributed by atoms with Gasteiger partial charge < -0.3 is 15.0 Å². The minimum atomic E-state index is -1.09. The van der Waals surface area contributed by atoms with Crippen LogP contribution in [0.25, 0.3) is 11.8 Å². The van der Waals surface area contributed by atoms with Crippen molar-refractivity contribution >= 4 is 46.2 Å². The SMILES string of the molecule is Cc1cc(/C=C(/C#N)C(=O)Nc2cccc(C(=O)O)c2)c(C)n1-c1cccc(I)c1. The van der Waals surface area contributed by atoms with Crippen LogP contribution in [0.4, 0.5) is 5.69 Å². The zero-order chi connectivity index (χ0) is 21.8. The van der Waals surface area contributed by atoms with Gasteiger partial charge in [-0.3, -0.25) is 4.79 Å². The Kier molecular flexibility index (Phi) is 6.37. The number of nitriles is 1. The Hall–Kier alpha value is -3.38. The van der Waals surface area contributed by atoms with E-state index in [0.717, 1.165) is 26.2 Å². The second kappa shape index (κ2) is 8.97. The van der Waals surface area contributed by atoms with Crippen molar-refractivity contribution in [3.63, 3.8) is 0 Å². The molecule has 7 heteroatoms. The van der Waals surface area contributed by atoms with Crippen LogP contribution in [-0.2, 0) is 4.79 Å². The highest BCUT2D eigenvalue weighted by atomic mass is 127. The summed E-state index contributed by atoms with van der Waals surface area (Å²) >= 11 is 2.26. The third-order valence-corrected chi connectivity index (χ3v) is 5.24. The van der Waals surface area contributed by atoms with Crippen molar-refractivity contribution in [1.82, 2.24) is 4.57 Å². The number of carboxylic acid groups (broad SMARTS) is 1. The van der Waals surface area contributed by atoms with E-state index in [0.29, 0.717) is 5.69 Å². The van der Waals surface area contributed by atoms with Gasteiger partial charge in [0.05, 0.1) is 5.56 Å². The van der Waals surface area contributed by atoms with Gasteiger partial charge in [-0.25, -0.2) is 4.79 Å². The number of aryl methyl sites for hydroxylation is 1. The third kappa shape index (κ3) is 4.60. The van der Waals surface area contributed by atoms with E-state index < -0.39 is 11.9 Å². The molecule has 3 aromatic rings. The topological polar surface area (TPSA) is 95.1 Å². The molecule has 2 aromatic carbocycles. The molecule has 2 N–H and O–H groups in total. The molecule has 3 rings (SSSR count). The smallest absolute Gasteiger partial charge is 0.335 e. The first-order valence-electron chi connectivity index (χ1n) is 9.01. The summed E-state index contributed by atoms with van der Waals surface area (Å²) in [6.45, 7) is 3.90. The summed E-state index contributed by atoms with van der Waals surface area (Å²) in [6.07, 6.45) is 1.54. The maximum atomic E-state index is 12.6. The van der Waals surface area contributed by atoms with Gasteiger partial charge in [-0.2, -0.15) is 5.26 Å². The van der Waals surface area contributed by atoms with Gasteiger partial charge in [0.15, 0.2) is 0 Å². The molecular formula is C23H18IN3O3. The van der Waals surface area contributed by atoms with Crippen molar-refractivity contribution < 1.29 is 14.7 Å². The highest BCUT2D eigenvalue weighted by Gasteiger charge is 2.15. The Bertz CT molecular complexity index is 1220. The van der Waals surface area contributed by atoms with Crippen molar-refractivity contribution in [2.45, 2.75) is 13.8 Å². The molecule has 0 aliphatic carbocycles. The molecule has 150 valence electrons. The lowest BCUT2D eigenvalue weighted by Crippen LogP contribution is -2.14. The lowest BCUT2D eigenvalue weighted by Gasteiger charge is -2.10. The molecule has 0 fully saturated rings. The predicted octanol–water partition coefficient (Wildman–Crippen LogP) is 4.94. The normalized spacial score (nSPS) is 11.1. The van der Waals surface area contributed by atoms with Crippen molar-refractivity contribution in [3.8, 4) is 11.8 Å². The van der Waals surface area contributed by atoms with Crippen molar-refractivity contribution in [1.29, 1.82) is 5.26 Å². The molecular weight excluding hydrogens is 493 g/mol. The largest absolute Gasteiger partial charge is 0.478 e. The Morgan fingerprint density at radius 2 is 1.87 bits per heavy atom. The van der Waals surface area contributed by atoms with Crippen molar-refractivity contribution in [2.24, 2.45) is 0 Å². The van der Waals surface area contributed by atoms with E-state index in [9.17, 15) is 14.9 Å². The summed E-state index contributed by atoms with van der Waals surface area (Å²) in [6, 6.07) is 17.8. The minimum absolute atomic E-state index is 0.0522.